The third-order valence-electron chi connectivity index (χ3n) is 5.87. The van der Waals surface area contributed by atoms with Crippen LogP contribution in [-0.4, -0.2) is 12.6 Å². The monoisotopic (exact) mass is 362 g/mol. The van der Waals surface area contributed by atoms with Gasteiger partial charge in [0.05, 0.1) is 0 Å². The summed E-state index contributed by atoms with van der Waals surface area (Å²) in [5, 5.41) is 6.08. The van der Waals surface area contributed by atoms with E-state index in [1.807, 2.05) is 24.3 Å². The first kappa shape index (κ1) is 14.6. The minimum atomic E-state index is -0.0751. The first-order chi connectivity index (χ1) is 10.6. The quantitative estimate of drug-likeness (QED) is 0.797. The average molecular weight is 363 g/mol. The van der Waals surface area contributed by atoms with Gasteiger partial charge in [0.15, 0.2) is 0 Å². The molecule has 2 N–H and O–H groups in total. The number of anilines is 1. The van der Waals surface area contributed by atoms with Crippen molar-refractivity contribution in [2.75, 3.05) is 11.9 Å². The molecule has 0 unspecified atom stereocenters. The smallest absolute Gasteiger partial charge is 0.319 e. The minimum Gasteiger partial charge on any atom is -0.337 e. The Morgan fingerprint density at radius 2 is 1.77 bits per heavy atom. The lowest BCUT2D eigenvalue weighted by Gasteiger charge is -2.56. The van der Waals surface area contributed by atoms with E-state index in [0.29, 0.717) is 5.41 Å². The molecule has 0 saturated heterocycles. The van der Waals surface area contributed by atoms with Crippen LogP contribution in [0.2, 0.25) is 0 Å². The average Bonchev–Trinajstić information content (AvgIpc) is 2.44. The van der Waals surface area contributed by atoms with Crippen molar-refractivity contribution in [1.29, 1.82) is 0 Å². The van der Waals surface area contributed by atoms with Crippen LogP contribution in [0.5, 0.6) is 0 Å². The molecule has 4 heteroatoms. The second-order valence-electron chi connectivity index (χ2n) is 7.74. The van der Waals surface area contributed by atoms with Gasteiger partial charge in [0.1, 0.15) is 0 Å². The Kier molecular flexibility index (Phi) is 3.67. The van der Waals surface area contributed by atoms with E-state index in [4.69, 9.17) is 0 Å². The summed E-state index contributed by atoms with van der Waals surface area (Å²) < 4.78 is 0.978. The Bertz CT molecular complexity index is 551. The number of urea groups is 1. The van der Waals surface area contributed by atoms with Crippen LogP contribution in [0.3, 0.4) is 0 Å². The maximum atomic E-state index is 12.2. The molecule has 118 valence electrons. The molecular weight excluding hydrogens is 340 g/mol. The van der Waals surface area contributed by atoms with Gasteiger partial charge in [0.2, 0.25) is 0 Å². The zero-order chi connectivity index (χ0) is 15.2. The van der Waals surface area contributed by atoms with Crippen LogP contribution < -0.4 is 10.6 Å². The molecule has 0 aliphatic heterocycles. The molecule has 0 heterocycles. The van der Waals surface area contributed by atoms with Crippen LogP contribution in [0.25, 0.3) is 0 Å². The van der Waals surface area contributed by atoms with Crippen molar-refractivity contribution in [3.05, 3.63) is 28.7 Å². The normalized spacial score (nSPS) is 35.4. The number of hydrogen-bond acceptors (Lipinski definition) is 1. The molecule has 4 aliphatic carbocycles. The van der Waals surface area contributed by atoms with Crippen molar-refractivity contribution in [3.8, 4) is 0 Å². The molecule has 1 aromatic rings. The highest BCUT2D eigenvalue weighted by Gasteiger charge is 2.50. The van der Waals surface area contributed by atoms with Crippen molar-refractivity contribution in [1.82, 2.24) is 5.32 Å². The van der Waals surface area contributed by atoms with E-state index in [0.717, 1.165) is 34.5 Å². The van der Waals surface area contributed by atoms with Crippen LogP contribution in [0.15, 0.2) is 28.7 Å². The highest BCUT2D eigenvalue weighted by atomic mass is 79.9. The van der Waals surface area contributed by atoms with Gasteiger partial charge in [-0.25, -0.2) is 4.79 Å². The number of carbonyl (C=O) groups is 1. The molecule has 4 aliphatic rings. The lowest BCUT2D eigenvalue weighted by atomic mass is 9.49. The number of nitrogens with one attached hydrogen (secondary N) is 2. The summed E-state index contributed by atoms with van der Waals surface area (Å²) in [5.74, 6) is 2.79. The third-order valence-corrected chi connectivity index (χ3v) is 6.36. The molecule has 0 aromatic heterocycles. The SMILES string of the molecule is O=C(NCC12CC3CC(CC(C3)C1)C2)Nc1cccc(Br)c1. The Hall–Kier alpha value is -1.03. The Morgan fingerprint density at radius 1 is 1.14 bits per heavy atom. The van der Waals surface area contributed by atoms with Crippen LogP contribution >= 0.6 is 15.9 Å². The second-order valence-corrected chi connectivity index (χ2v) is 8.65. The van der Waals surface area contributed by atoms with Crippen molar-refractivity contribution >= 4 is 27.6 Å². The number of benzene rings is 1. The third kappa shape index (κ3) is 2.90. The summed E-state index contributed by atoms with van der Waals surface area (Å²) in [6.45, 7) is 0.844. The summed E-state index contributed by atoms with van der Waals surface area (Å²) >= 11 is 3.43. The lowest BCUT2D eigenvalue weighted by Crippen LogP contribution is -2.51. The van der Waals surface area contributed by atoms with Crippen molar-refractivity contribution in [3.63, 3.8) is 0 Å². The maximum absolute atomic E-state index is 12.2. The van der Waals surface area contributed by atoms with Crippen molar-refractivity contribution in [2.24, 2.45) is 23.2 Å². The minimum absolute atomic E-state index is 0.0751. The zero-order valence-electron chi connectivity index (χ0n) is 12.8. The van der Waals surface area contributed by atoms with Gasteiger partial charge in [-0.05, 0) is 79.9 Å². The summed E-state index contributed by atoms with van der Waals surface area (Å²) in [6, 6.07) is 7.64. The molecule has 0 radical (unpaired) electrons. The van der Waals surface area contributed by atoms with Crippen molar-refractivity contribution in [2.45, 2.75) is 38.5 Å². The molecule has 4 bridgehead atoms. The predicted octanol–water partition coefficient (Wildman–Crippen LogP) is 4.79. The van der Waals surface area contributed by atoms with Crippen LogP contribution in [0.4, 0.5) is 10.5 Å². The van der Waals surface area contributed by atoms with Crippen LogP contribution in [0.1, 0.15) is 38.5 Å². The molecule has 0 atom stereocenters. The van der Waals surface area contributed by atoms with E-state index in [-0.39, 0.29) is 6.03 Å². The van der Waals surface area contributed by atoms with E-state index in [2.05, 4.69) is 26.6 Å². The molecule has 5 rings (SSSR count). The van der Waals surface area contributed by atoms with E-state index in [9.17, 15) is 4.79 Å². The van der Waals surface area contributed by atoms with Gasteiger partial charge in [-0.1, -0.05) is 22.0 Å². The molecule has 1 aromatic carbocycles. The number of hydrogen-bond donors (Lipinski definition) is 2. The van der Waals surface area contributed by atoms with E-state index < -0.39 is 0 Å². The standard InChI is InChI=1S/C18H23BrN2O/c19-15-2-1-3-16(7-15)21-17(22)20-11-18-8-12-4-13(9-18)6-14(5-12)10-18/h1-3,7,12-14H,4-6,8-11H2,(H2,20,21,22). The molecule has 22 heavy (non-hydrogen) atoms. The Morgan fingerprint density at radius 3 is 2.36 bits per heavy atom. The highest BCUT2D eigenvalue weighted by molar-refractivity contribution is 9.10. The summed E-state index contributed by atoms with van der Waals surface area (Å²) in [7, 11) is 0. The van der Waals surface area contributed by atoms with E-state index >= 15 is 0 Å². The van der Waals surface area contributed by atoms with Gasteiger partial charge < -0.3 is 10.6 Å². The fourth-order valence-electron chi connectivity index (χ4n) is 5.52. The zero-order valence-corrected chi connectivity index (χ0v) is 14.4. The molecule has 0 spiro atoms. The fourth-order valence-corrected chi connectivity index (χ4v) is 5.92. The van der Waals surface area contributed by atoms with Crippen LogP contribution in [-0.2, 0) is 0 Å². The van der Waals surface area contributed by atoms with E-state index in [1.54, 1.807) is 0 Å². The highest BCUT2D eigenvalue weighted by Crippen LogP contribution is 2.59. The Labute approximate surface area is 140 Å². The largest absolute Gasteiger partial charge is 0.337 e. The molecule has 3 nitrogen and oxygen atoms in total. The number of carbonyl (C=O) groups excluding carboxylic acids is 1. The lowest BCUT2D eigenvalue weighted by molar-refractivity contribution is -0.0496. The van der Waals surface area contributed by atoms with Crippen molar-refractivity contribution < 1.29 is 4.79 Å². The van der Waals surface area contributed by atoms with Gasteiger partial charge in [-0.15, -0.1) is 0 Å². The Balaban J connectivity index is 1.35. The number of rotatable bonds is 3. The van der Waals surface area contributed by atoms with Gasteiger partial charge >= 0.3 is 6.03 Å². The van der Waals surface area contributed by atoms with Gasteiger partial charge in [0, 0.05) is 16.7 Å². The van der Waals surface area contributed by atoms with Gasteiger partial charge in [-0.3, -0.25) is 0 Å². The number of halogens is 1. The summed E-state index contributed by atoms with van der Waals surface area (Å²) in [4.78, 5) is 12.2. The topological polar surface area (TPSA) is 41.1 Å². The first-order valence-electron chi connectivity index (χ1n) is 8.41. The molecule has 2 amide bonds. The first-order valence-corrected chi connectivity index (χ1v) is 9.20. The summed E-state index contributed by atoms with van der Waals surface area (Å²) in [5.41, 5.74) is 1.22. The van der Waals surface area contributed by atoms with Gasteiger partial charge in [0.25, 0.3) is 0 Å². The molecule has 4 saturated carbocycles. The van der Waals surface area contributed by atoms with Crippen LogP contribution in [0, 0.1) is 23.2 Å². The molecule has 4 fully saturated rings. The number of amides is 2. The maximum Gasteiger partial charge on any atom is 0.319 e. The second kappa shape index (κ2) is 5.55. The van der Waals surface area contributed by atoms with E-state index in [1.165, 1.54) is 38.5 Å². The summed E-state index contributed by atoms with van der Waals surface area (Å²) in [6.07, 6.45) is 8.33. The predicted molar refractivity (Wildman–Crippen MR) is 91.8 cm³/mol. The molecular formula is C18H23BrN2O. The fraction of sp³-hybridized carbons (Fsp3) is 0.611. The van der Waals surface area contributed by atoms with Gasteiger partial charge in [-0.2, -0.15) is 0 Å².